The van der Waals surface area contributed by atoms with Crippen molar-refractivity contribution in [1.29, 1.82) is 0 Å². The predicted octanol–water partition coefficient (Wildman–Crippen LogP) is 2.18. The Bertz CT molecular complexity index is 396. The average Bonchev–Trinajstić information content (AvgIpc) is 2.26. The summed E-state index contributed by atoms with van der Waals surface area (Å²) in [6.07, 6.45) is 3.00. The fourth-order valence-electron chi connectivity index (χ4n) is 2.37. The van der Waals surface area contributed by atoms with E-state index in [-0.39, 0.29) is 0 Å². The summed E-state index contributed by atoms with van der Waals surface area (Å²) in [4.78, 5) is 2.34. The molecule has 3 heteroatoms. The Morgan fingerprint density at radius 1 is 1.41 bits per heavy atom. The highest BCUT2D eigenvalue weighted by Crippen LogP contribution is 2.31. The maximum atomic E-state index is 9.80. The lowest BCUT2D eigenvalue weighted by Gasteiger charge is -2.33. The van der Waals surface area contributed by atoms with Crippen LogP contribution in [0.2, 0.25) is 0 Å². The fourth-order valence-corrected chi connectivity index (χ4v) is 2.37. The minimum atomic E-state index is -0.599. The summed E-state index contributed by atoms with van der Waals surface area (Å²) in [5.74, 6) is 0. The second-order valence-corrected chi connectivity index (χ2v) is 5.50. The van der Waals surface area contributed by atoms with Gasteiger partial charge in [0.25, 0.3) is 0 Å². The highest BCUT2D eigenvalue weighted by atomic mass is 16.3. The topological polar surface area (TPSA) is 49.5 Å². The minimum Gasteiger partial charge on any atom is -0.398 e. The zero-order chi connectivity index (χ0) is 12.5. The first kappa shape index (κ1) is 12.2. The summed E-state index contributed by atoms with van der Waals surface area (Å²) in [6, 6.07) is 6.12. The van der Waals surface area contributed by atoms with Crippen LogP contribution in [0.25, 0.3) is 0 Å². The normalized spacial score (nSPS) is 15.8. The SMILES string of the molecule is CC(C)(O)CCN1CCCc2c(N)cccc21. The Labute approximate surface area is 103 Å². The van der Waals surface area contributed by atoms with E-state index in [9.17, 15) is 5.11 Å². The molecule has 1 aromatic rings. The predicted molar refractivity (Wildman–Crippen MR) is 72.3 cm³/mol. The van der Waals surface area contributed by atoms with Crippen molar-refractivity contribution in [3.8, 4) is 0 Å². The maximum Gasteiger partial charge on any atom is 0.0608 e. The number of rotatable bonds is 3. The molecule has 1 heterocycles. The largest absolute Gasteiger partial charge is 0.398 e. The Kier molecular flexibility index (Phi) is 3.29. The first-order valence-electron chi connectivity index (χ1n) is 6.32. The van der Waals surface area contributed by atoms with Gasteiger partial charge in [-0.25, -0.2) is 0 Å². The smallest absolute Gasteiger partial charge is 0.0608 e. The first-order valence-corrected chi connectivity index (χ1v) is 6.32. The molecule has 0 radical (unpaired) electrons. The average molecular weight is 234 g/mol. The second kappa shape index (κ2) is 4.57. The van der Waals surface area contributed by atoms with Crippen LogP contribution in [-0.2, 0) is 6.42 Å². The lowest BCUT2D eigenvalue weighted by atomic mass is 9.98. The zero-order valence-electron chi connectivity index (χ0n) is 10.7. The van der Waals surface area contributed by atoms with E-state index in [1.54, 1.807) is 0 Å². The van der Waals surface area contributed by atoms with Crippen molar-refractivity contribution in [2.45, 2.75) is 38.7 Å². The summed E-state index contributed by atoms with van der Waals surface area (Å²) >= 11 is 0. The van der Waals surface area contributed by atoms with Crippen molar-refractivity contribution in [1.82, 2.24) is 0 Å². The highest BCUT2D eigenvalue weighted by molar-refractivity contribution is 5.66. The van der Waals surface area contributed by atoms with Gasteiger partial charge in [-0.05, 0) is 50.8 Å². The standard InChI is InChI=1S/C14H22N2O/c1-14(2,17)8-10-16-9-4-5-11-12(15)6-3-7-13(11)16/h3,6-7,17H,4-5,8-10,15H2,1-2H3. The van der Waals surface area contributed by atoms with Gasteiger partial charge in [0.05, 0.1) is 5.60 Å². The van der Waals surface area contributed by atoms with Crippen LogP contribution in [-0.4, -0.2) is 23.8 Å². The molecule has 0 fully saturated rings. The summed E-state index contributed by atoms with van der Waals surface area (Å²) < 4.78 is 0. The molecule has 3 N–H and O–H groups in total. The van der Waals surface area contributed by atoms with Crippen molar-refractivity contribution in [2.24, 2.45) is 0 Å². The molecule has 3 nitrogen and oxygen atoms in total. The molecular weight excluding hydrogens is 212 g/mol. The number of nitrogens with zero attached hydrogens (tertiary/aromatic N) is 1. The van der Waals surface area contributed by atoms with Crippen molar-refractivity contribution < 1.29 is 5.11 Å². The van der Waals surface area contributed by atoms with Gasteiger partial charge in [-0.1, -0.05) is 6.07 Å². The maximum absolute atomic E-state index is 9.80. The van der Waals surface area contributed by atoms with E-state index in [0.717, 1.165) is 38.0 Å². The molecule has 1 aliphatic rings. The van der Waals surface area contributed by atoms with Crippen LogP contribution in [0.4, 0.5) is 11.4 Å². The van der Waals surface area contributed by atoms with Crippen molar-refractivity contribution in [3.63, 3.8) is 0 Å². The van der Waals surface area contributed by atoms with E-state index in [1.807, 2.05) is 26.0 Å². The van der Waals surface area contributed by atoms with Crippen LogP contribution in [0.5, 0.6) is 0 Å². The van der Waals surface area contributed by atoms with Crippen LogP contribution < -0.4 is 10.6 Å². The van der Waals surface area contributed by atoms with Gasteiger partial charge in [0, 0.05) is 24.5 Å². The molecule has 0 amide bonds. The summed E-state index contributed by atoms with van der Waals surface area (Å²) in [7, 11) is 0. The Morgan fingerprint density at radius 3 is 2.88 bits per heavy atom. The zero-order valence-corrected chi connectivity index (χ0v) is 10.7. The van der Waals surface area contributed by atoms with Gasteiger partial charge in [-0.15, -0.1) is 0 Å². The quantitative estimate of drug-likeness (QED) is 0.788. The van der Waals surface area contributed by atoms with Gasteiger partial charge < -0.3 is 15.7 Å². The molecule has 17 heavy (non-hydrogen) atoms. The summed E-state index contributed by atoms with van der Waals surface area (Å²) in [6.45, 7) is 5.67. The van der Waals surface area contributed by atoms with Gasteiger partial charge in [-0.2, -0.15) is 0 Å². The molecule has 2 rings (SSSR count). The minimum absolute atomic E-state index is 0.599. The monoisotopic (exact) mass is 234 g/mol. The molecule has 0 saturated heterocycles. The number of anilines is 2. The number of aliphatic hydroxyl groups is 1. The molecule has 0 aromatic heterocycles. The first-order chi connectivity index (χ1) is 7.97. The van der Waals surface area contributed by atoms with Crippen LogP contribution >= 0.6 is 0 Å². The molecule has 0 atom stereocenters. The number of hydrogen-bond acceptors (Lipinski definition) is 3. The van der Waals surface area contributed by atoms with E-state index in [2.05, 4.69) is 11.0 Å². The van der Waals surface area contributed by atoms with Crippen LogP contribution in [0, 0.1) is 0 Å². The molecule has 0 aliphatic carbocycles. The van der Waals surface area contributed by atoms with Gasteiger partial charge in [0.15, 0.2) is 0 Å². The molecule has 0 unspecified atom stereocenters. The van der Waals surface area contributed by atoms with Crippen molar-refractivity contribution >= 4 is 11.4 Å². The van der Waals surface area contributed by atoms with Crippen molar-refractivity contribution in [3.05, 3.63) is 23.8 Å². The lowest BCUT2D eigenvalue weighted by molar-refractivity contribution is 0.0730. The molecule has 94 valence electrons. The highest BCUT2D eigenvalue weighted by Gasteiger charge is 2.20. The van der Waals surface area contributed by atoms with E-state index >= 15 is 0 Å². The Morgan fingerprint density at radius 2 is 2.18 bits per heavy atom. The number of hydrogen-bond donors (Lipinski definition) is 2. The molecule has 1 aliphatic heterocycles. The molecule has 0 saturated carbocycles. The third-order valence-electron chi connectivity index (χ3n) is 3.38. The Hall–Kier alpha value is -1.22. The summed E-state index contributed by atoms with van der Waals surface area (Å²) in [5.41, 5.74) is 8.83. The van der Waals surface area contributed by atoms with E-state index in [1.165, 1.54) is 11.3 Å². The van der Waals surface area contributed by atoms with Gasteiger partial charge >= 0.3 is 0 Å². The van der Waals surface area contributed by atoms with Crippen LogP contribution in [0.3, 0.4) is 0 Å². The third kappa shape index (κ3) is 2.91. The van der Waals surface area contributed by atoms with Gasteiger partial charge in [0.1, 0.15) is 0 Å². The van der Waals surface area contributed by atoms with Gasteiger partial charge in [-0.3, -0.25) is 0 Å². The molecule has 1 aromatic carbocycles. The fraction of sp³-hybridized carbons (Fsp3) is 0.571. The van der Waals surface area contributed by atoms with Crippen LogP contribution in [0.1, 0.15) is 32.3 Å². The molecular formula is C14H22N2O. The Balaban J connectivity index is 2.15. The third-order valence-corrected chi connectivity index (χ3v) is 3.38. The van der Waals surface area contributed by atoms with E-state index < -0.39 is 5.60 Å². The van der Waals surface area contributed by atoms with E-state index in [0.29, 0.717) is 0 Å². The molecule has 0 spiro atoms. The number of nitrogen functional groups attached to an aromatic ring is 1. The number of fused-ring (bicyclic) bond motifs is 1. The molecule has 0 bridgehead atoms. The van der Waals surface area contributed by atoms with Crippen molar-refractivity contribution in [2.75, 3.05) is 23.7 Å². The second-order valence-electron chi connectivity index (χ2n) is 5.50. The van der Waals surface area contributed by atoms with Gasteiger partial charge in [0.2, 0.25) is 0 Å². The lowest BCUT2D eigenvalue weighted by Crippen LogP contribution is -2.34. The van der Waals surface area contributed by atoms with Crippen LogP contribution in [0.15, 0.2) is 18.2 Å². The van der Waals surface area contributed by atoms with E-state index in [4.69, 9.17) is 5.73 Å². The summed E-state index contributed by atoms with van der Waals surface area (Å²) in [5, 5.41) is 9.80. The number of benzene rings is 1. The number of nitrogens with two attached hydrogens (primary N) is 1.